The standard InChI is InChI=1S/C16H17ClN4O4S/c17-13-4-5-16(15(11-13)21(22)23)26(24,25)20-9-7-19(8-10-20)12-14-3-1-2-6-18-14/h1-6,11H,7-10,12H2. The van der Waals surface area contributed by atoms with Gasteiger partial charge in [-0.1, -0.05) is 17.7 Å². The van der Waals surface area contributed by atoms with Crippen LogP contribution < -0.4 is 0 Å². The minimum absolute atomic E-state index is 0.121. The van der Waals surface area contributed by atoms with E-state index in [1.165, 1.54) is 16.4 Å². The number of rotatable bonds is 5. The van der Waals surface area contributed by atoms with Crippen LogP contribution in [0.25, 0.3) is 0 Å². The smallest absolute Gasteiger partial charge is 0.290 e. The second-order valence-electron chi connectivity index (χ2n) is 5.87. The SMILES string of the molecule is O=[N+]([O-])c1cc(Cl)ccc1S(=O)(=O)N1CCN(Cc2ccccn2)CC1. The monoisotopic (exact) mass is 396 g/mol. The van der Waals surface area contributed by atoms with Gasteiger partial charge in [-0.15, -0.1) is 0 Å². The Bertz CT molecular complexity index is 900. The van der Waals surface area contributed by atoms with E-state index in [0.29, 0.717) is 19.6 Å². The Morgan fingerprint density at radius 3 is 2.50 bits per heavy atom. The van der Waals surface area contributed by atoms with Gasteiger partial charge in [0.1, 0.15) is 0 Å². The van der Waals surface area contributed by atoms with Crippen LogP contribution in [0.15, 0.2) is 47.5 Å². The Labute approximate surface area is 156 Å². The number of hydrogen-bond donors (Lipinski definition) is 0. The van der Waals surface area contributed by atoms with E-state index in [1.54, 1.807) is 6.20 Å². The van der Waals surface area contributed by atoms with E-state index in [4.69, 9.17) is 11.6 Å². The lowest BCUT2D eigenvalue weighted by molar-refractivity contribution is -0.387. The van der Waals surface area contributed by atoms with Crippen molar-refractivity contribution in [2.24, 2.45) is 0 Å². The van der Waals surface area contributed by atoms with Gasteiger partial charge in [0, 0.05) is 50.0 Å². The third-order valence-corrected chi connectivity index (χ3v) is 6.36. The van der Waals surface area contributed by atoms with E-state index >= 15 is 0 Å². The number of halogens is 1. The molecular formula is C16H17ClN4O4S. The molecule has 1 aromatic carbocycles. The molecule has 10 heteroatoms. The van der Waals surface area contributed by atoms with E-state index in [2.05, 4.69) is 9.88 Å². The number of piperazine rings is 1. The zero-order chi connectivity index (χ0) is 18.7. The van der Waals surface area contributed by atoms with Gasteiger partial charge in [-0.05, 0) is 24.3 Å². The summed E-state index contributed by atoms with van der Waals surface area (Å²) in [6, 6.07) is 9.26. The minimum Gasteiger partial charge on any atom is -0.295 e. The van der Waals surface area contributed by atoms with Gasteiger partial charge in [0.15, 0.2) is 4.90 Å². The fraction of sp³-hybridized carbons (Fsp3) is 0.312. The molecule has 0 atom stereocenters. The molecule has 0 N–H and O–H groups in total. The van der Waals surface area contributed by atoms with Crippen LogP contribution in [0.3, 0.4) is 0 Å². The molecule has 3 rings (SSSR count). The Hall–Kier alpha value is -2.07. The molecule has 1 aliphatic rings. The van der Waals surface area contributed by atoms with Crippen molar-refractivity contribution in [3.05, 3.63) is 63.4 Å². The molecule has 1 aliphatic heterocycles. The Morgan fingerprint density at radius 2 is 1.88 bits per heavy atom. The van der Waals surface area contributed by atoms with Crippen molar-refractivity contribution >= 4 is 27.3 Å². The lowest BCUT2D eigenvalue weighted by Gasteiger charge is -2.33. The minimum atomic E-state index is -3.96. The van der Waals surface area contributed by atoms with E-state index in [1.807, 2.05) is 18.2 Å². The summed E-state index contributed by atoms with van der Waals surface area (Å²) >= 11 is 5.77. The first-order valence-corrected chi connectivity index (χ1v) is 9.76. The van der Waals surface area contributed by atoms with Crippen LogP contribution in [0.1, 0.15) is 5.69 Å². The van der Waals surface area contributed by atoms with Crippen LogP contribution >= 0.6 is 11.6 Å². The number of aromatic nitrogens is 1. The molecule has 1 aromatic heterocycles. The summed E-state index contributed by atoms with van der Waals surface area (Å²) in [6.45, 7) is 2.20. The molecule has 2 aromatic rings. The van der Waals surface area contributed by atoms with Crippen LogP contribution in [0.4, 0.5) is 5.69 Å². The van der Waals surface area contributed by atoms with Crippen molar-refractivity contribution in [3.8, 4) is 0 Å². The Kier molecular flexibility index (Phi) is 5.52. The predicted octanol–water partition coefficient (Wildman–Crippen LogP) is 2.15. The maximum Gasteiger partial charge on any atom is 0.290 e. The molecule has 138 valence electrons. The summed E-state index contributed by atoms with van der Waals surface area (Å²) in [5.41, 5.74) is 0.408. The van der Waals surface area contributed by atoms with E-state index < -0.39 is 20.6 Å². The summed E-state index contributed by atoms with van der Waals surface area (Å²) in [7, 11) is -3.96. The first-order chi connectivity index (χ1) is 12.4. The van der Waals surface area contributed by atoms with Gasteiger partial charge in [0.2, 0.25) is 10.0 Å². The number of nitro groups is 1. The lowest BCUT2D eigenvalue weighted by atomic mass is 10.3. The zero-order valence-electron chi connectivity index (χ0n) is 13.8. The fourth-order valence-electron chi connectivity index (χ4n) is 2.84. The molecule has 0 saturated carbocycles. The average molecular weight is 397 g/mol. The van der Waals surface area contributed by atoms with Crippen molar-refractivity contribution in [1.82, 2.24) is 14.2 Å². The summed E-state index contributed by atoms with van der Waals surface area (Å²) in [6.07, 6.45) is 1.72. The van der Waals surface area contributed by atoms with Gasteiger partial charge in [-0.3, -0.25) is 20.0 Å². The normalized spacial score (nSPS) is 16.5. The third kappa shape index (κ3) is 4.01. The number of sulfonamides is 1. The highest BCUT2D eigenvalue weighted by molar-refractivity contribution is 7.89. The van der Waals surface area contributed by atoms with Crippen LogP contribution in [-0.4, -0.2) is 53.7 Å². The van der Waals surface area contributed by atoms with Gasteiger partial charge < -0.3 is 0 Å². The molecule has 0 spiro atoms. The third-order valence-electron chi connectivity index (χ3n) is 4.18. The van der Waals surface area contributed by atoms with E-state index in [9.17, 15) is 18.5 Å². The van der Waals surface area contributed by atoms with E-state index in [-0.39, 0.29) is 23.0 Å². The molecule has 0 bridgehead atoms. The van der Waals surface area contributed by atoms with Gasteiger partial charge >= 0.3 is 0 Å². The summed E-state index contributed by atoms with van der Waals surface area (Å²) in [4.78, 5) is 16.5. The molecule has 26 heavy (non-hydrogen) atoms. The van der Waals surface area contributed by atoms with Crippen LogP contribution in [0.2, 0.25) is 5.02 Å². The molecule has 8 nitrogen and oxygen atoms in total. The van der Waals surface area contributed by atoms with Gasteiger partial charge in [0.05, 0.1) is 10.6 Å². The predicted molar refractivity (Wildman–Crippen MR) is 96.4 cm³/mol. The van der Waals surface area contributed by atoms with Crippen LogP contribution in [-0.2, 0) is 16.6 Å². The topological polar surface area (TPSA) is 96.6 Å². The number of pyridine rings is 1. The van der Waals surface area contributed by atoms with Crippen molar-refractivity contribution in [1.29, 1.82) is 0 Å². The summed E-state index contributed by atoms with van der Waals surface area (Å²) in [5.74, 6) is 0. The molecule has 1 saturated heterocycles. The zero-order valence-corrected chi connectivity index (χ0v) is 15.4. The lowest BCUT2D eigenvalue weighted by Crippen LogP contribution is -2.48. The van der Waals surface area contributed by atoms with Crippen molar-refractivity contribution < 1.29 is 13.3 Å². The molecular weight excluding hydrogens is 380 g/mol. The molecule has 0 radical (unpaired) electrons. The number of benzene rings is 1. The largest absolute Gasteiger partial charge is 0.295 e. The number of hydrogen-bond acceptors (Lipinski definition) is 6. The van der Waals surface area contributed by atoms with Crippen LogP contribution in [0, 0.1) is 10.1 Å². The number of nitrogens with zero attached hydrogens (tertiary/aromatic N) is 4. The van der Waals surface area contributed by atoms with E-state index in [0.717, 1.165) is 11.8 Å². The van der Waals surface area contributed by atoms with Crippen molar-refractivity contribution in [2.75, 3.05) is 26.2 Å². The quantitative estimate of drug-likeness (QED) is 0.567. The maximum absolute atomic E-state index is 12.8. The van der Waals surface area contributed by atoms with Gasteiger partial charge in [0.25, 0.3) is 5.69 Å². The summed E-state index contributed by atoms with van der Waals surface area (Å²) < 4.78 is 26.9. The molecule has 1 fully saturated rings. The Balaban J connectivity index is 1.73. The highest BCUT2D eigenvalue weighted by Gasteiger charge is 2.33. The Morgan fingerprint density at radius 1 is 1.15 bits per heavy atom. The molecule has 2 heterocycles. The fourth-order valence-corrected chi connectivity index (χ4v) is 4.57. The average Bonchev–Trinajstić information content (AvgIpc) is 2.62. The highest BCUT2D eigenvalue weighted by atomic mass is 35.5. The molecule has 0 aliphatic carbocycles. The van der Waals surface area contributed by atoms with Crippen molar-refractivity contribution in [2.45, 2.75) is 11.4 Å². The second kappa shape index (κ2) is 7.67. The maximum atomic E-state index is 12.8. The van der Waals surface area contributed by atoms with Gasteiger partial charge in [-0.2, -0.15) is 4.31 Å². The van der Waals surface area contributed by atoms with Gasteiger partial charge in [-0.25, -0.2) is 8.42 Å². The molecule has 0 unspecified atom stereocenters. The molecule has 0 amide bonds. The highest BCUT2D eigenvalue weighted by Crippen LogP contribution is 2.30. The number of nitro benzene ring substituents is 1. The summed E-state index contributed by atoms with van der Waals surface area (Å²) in [5, 5.41) is 11.3. The van der Waals surface area contributed by atoms with Crippen molar-refractivity contribution in [3.63, 3.8) is 0 Å². The first-order valence-electron chi connectivity index (χ1n) is 7.94. The second-order valence-corrected chi connectivity index (χ2v) is 8.21. The first kappa shape index (κ1) is 18.7. The van der Waals surface area contributed by atoms with Crippen LogP contribution in [0.5, 0.6) is 0 Å².